The summed E-state index contributed by atoms with van der Waals surface area (Å²) < 4.78 is 2.46. The molecule has 22 heavy (non-hydrogen) atoms. The summed E-state index contributed by atoms with van der Waals surface area (Å²) in [7, 11) is 0. The van der Waals surface area contributed by atoms with E-state index in [9.17, 15) is 5.26 Å². The molecule has 3 rings (SSSR count). The van der Waals surface area contributed by atoms with Crippen LogP contribution in [0.25, 0.3) is 5.65 Å². The fourth-order valence-electron chi connectivity index (χ4n) is 2.14. The molecule has 1 N–H and O–H groups in total. The maximum absolute atomic E-state index is 9.50. The van der Waals surface area contributed by atoms with Crippen molar-refractivity contribution < 1.29 is 0 Å². The van der Waals surface area contributed by atoms with Crippen molar-refractivity contribution in [1.82, 2.24) is 14.6 Å². The van der Waals surface area contributed by atoms with Crippen LogP contribution in [-0.2, 0) is 6.54 Å². The van der Waals surface area contributed by atoms with Crippen LogP contribution in [-0.4, -0.2) is 20.9 Å². The molecule has 1 aromatic carbocycles. The standard InChI is InChI=1S/C15H12BrN5S/c1-22-15-11(7-17)13(18-8-10-5-3-2-4-6-10)21-14(20-15)12(16)9-19-21/h2-6,9,18H,8H2,1H3. The SMILES string of the molecule is CSc1nc2c(Br)cnn2c(NCc2ccccc2)c1C#N. The lowest BCUT2D eigenvalue weighted by molar-refractivity contribution is 0.897. The van der Waals surface area contributed by atoms with E-state index >= 15 is 0 Å². The zero-order chi connectivity index (χ0) is 15.5. The molecule has 0 unspecified atom stereocenters. The second kappa shape index (κ2) is 6.38. The Morgan fingerprint density at radius 2 is 2.14 bits per heavy atom. The summed E-state index contributed by atoms with van der Waals surface area (Å²) in [5.74, 6) is 0.659. The number of nitrogens with zero attached hydrogens (tertiary/aromatic N) is 4. The highest BCUT2D eigenvalue weighted by Gasteiger charge is 2.17. The first kappa shape index (κ1) is 14.9. The number of fused-ring (bicyclic) bond motifs is 1. The molecule has 110 valence electrons. The van der Waals surface area contributed by atoms with Gasteiger partial charge in [-0.15, -0.1) is 11.8 Å². The normalized spacial score (nSPS) is 10.6. The molecule has 0 amide bonds. The zero-order valence-corrected chi connectivity index (χ0v) is 14.1. The van der Waals surface area contributed by atoms with E-state index in [1.54, 1.807) is 10.7 Å². The van der Waals surface area contributed by atoms with Crippen LogP contribution in [0.1, 0.15) is 11.1 Å². The Kier molecular flexibility index (Phi) is 4.32. The van der Waals surface area contributed by atoms with Gasteiger partial charge in [0.1, 0.15) is 16.7 Å². The molecule has 0 atom stereocenters. The van der Waals surface area contributed by atoms with Gasteiger partial charge < -0.3 is 5.32 Å². The van der Waals surface area contributed by atoms with Gasteiger partial charge in [0.25, 0.3) is 0 Å². The summed E-state index contributed by atoms with van der Waals surface area (Å²) in [6.07, 6.45) is 3.59. The fourth-order valence-corrected chi connectivity index (χ4v) is 3.01. The third-order valence-corrected chi connectivity index (χ3v) is 4.42. The molecule has 0 aliphatic rings. The van der Waals surface area contributed by atoms with Gasteiger partial charge in [0, 0.05) is 6.54 Å². The predicted molar refractivity (Wildman–Crippen MR) is 91.0 cm³/mol. The molecule has 7 heteroatoms. The van der Waals surface area contributed by atoms with Crippen LogP contribution in [0.5, 0.6) is 0 Å². The third-order valence-electron chi connectivity index (χ3n) is 3.18. The first-order chi connectivity index (χ1) is 10.7. The van der Waals surface area contributed by atoms with Crippen molar-refractivity contribution in [3.8, 4) is 6.07 Å². The van der Waals surface area contributed by atoms with Crippen molar-refractivity contribution in [2.75, 3.05) is 11.6 Å². The highest BCUT2D eigenvalue weighted by atomic mass is 79.9. The highest BCUT2D eigenvalue weighted by Crippen LogP contribution is 2.29. The van der Waals surface area contributed by atoms with Crippen molar-refractivity contribution in [3.63, 3.8) is 0 Å². The molecule has 0 spiro atoms. The van der Waals surface area contributed by atoms with Crippen LogP contribution in [0.15, 0.2) is 46.0 Å². The maximum atomic E-state index is 9.50. The van der Waals surface area contributed by atoms with E-state index < -0.39 is 0 Å². The highest BCUT2D eigenvalue weighted by molar-refractivity contribution is 9.10. The lowest BCUT2D eigenvalue weighted by Gasteiger charge is -2.12. The van der Waals surface area contributed by atoms with Crippen molar-refractivity contribution in [2.24, 2.45) is 0 Å². The summed E-state index contributed by atoms with van der Waals surface area (Å²) >= 11 is 4.89. The number of nitriles is 1. The number of nitrogens with one attached hydrogen (secondary N) is 1. The Morgan fingerprint density at radius 3 is 2.82 bits per heavy atom. The number of halogens is 1. The van der Waals surface area contributed by atoms with Crippen molar-refractivity contribution in [2.45, 2.75) is 11.6 Å². The minimum absolute atomic E-state index is 0.506. The summed E-state index contributed by atoms with van der Waals surface area (Å²) in [6.45, 7) is 0.611. The van der Waals surface area contributed by atoms with E-state index in [1.165, 1.54) is 11.8 Å². The van der Waals surface area contributed by atoms with Crippen LogP contribution in [0.4, 0.5) is 5.82 Å². The largest absolute Gasteiger partial charge is 0.365 e. The van der Waals surface area contributed by atoms with E-state index in [4.69, 9.17) is 0 Å². The third kappa shape index (κ3) is 2.67. The summed E-state index contributed by atoms with van der Waals surface area (Å²) in [6, 6.07) is 12.3. The van der Waals surface area contributed by atoms with Gasteiger partial charge in [-0.1, -0.05) is 30.3 Å². The average molecular weight is 374 g/mol. The fraction of sp³-hybridized carbons (Fsp3) is 0.133. The van der Waals surface area contributed by atoms with Gasteiger partial charge in [-0.2, -0.15) is 14.9 Å². The topological polar surface area (TPSA) is 66.0 Å². The van der Waals surface area contributed by atoms with E-state index in [-0.39, 0.29) is 0 Å². The maximum Gasteiger partial charge on any atom is 0.172 e. The van der Waals surface area contributed by atoms with Gasteiger partial charge in [-0.25, -0.2) is 4.98 Å². The molecule has 3 aromatic rings. The van der Waals surface area contributed by atoms with Gasteiger partial charge in [0.15, 0.2) is 11.5 Å². The van der Waals surface area contributed by atoms with Crippen LogP contribution in [0, 0.1) is 11.3 Å². The van der Waals surface area contributed by atoms with Crippen molar-refractivity contribution >= 4 is 39.2 Å². The number of hydrogen-bond donors (Lipinski definition) is 1. The summed E-state index contributed by atoms with van der Waals surface area (Å²) in [4.78, 5) is 4.49. The number of rotatable bonds is 4. The van der Waals surface area contributed by atoms with Crippen LogP contribution < -0.4 is 5.32 Å². The van der Waals surface area contributed by atoms with Gasteiger partial charge in [0.2, 0.25) is 0 Å². The molecular formula is C15H12BrN5S. The zero-order valence-electron chi connectivity index (χ0n) is 11.7. The monoisotopic (exact) mass is 373 g/mol. The molecule has 2 aromatic heterocycles. The van der Waals surface area contributed by atoms with E-state index in [2.05, 4.69) is 37.4 Å². The number of benzene rings is 1. The summed E-state index contributed by atoms with van der Waals surface area (Å²) in [5.41, 5.74) is 2.33. The minimum Gasteiger partial charge on any atom is -0.365 e. The van der Waals surface area contributed by atoms with Crippen molar-refractivity contribution in [1.29, 1.82) is 5.26 Å². The van der Waals surface area contributed by atoms with Gasteiger partial charge >= 0.3 is 0 Å². The number of thioether (sulfide) groups is 1. The lowest BCUT2D eigenvalue weighted by Crippen LogP contribution is -2.09. The van der Waals surface area contributed by atoms with E-state index in [0.29, 0.717) is 28.6 Å². The molecule has 0 radical (unpaired) electrons. The average Bonchev–Trinajstić information content (AvgIpc) is 2.93. The van der Waals surface area contributed by atoms with Crippen LogP contribution in [0.2, 0.25) is 0 Å². The van der Waals surface area contributed by atoms with Gasteiger partial charge in [-0.3, -0.25) is 0 Å². The predicted octanol–water partition coefficient (Wildman–Crippen LogP) is 3.70. The Bertz CT molecular complexity index is 854. The molecule has 0 bridgehead atoms. The van der Waals surface area contributed by atoms with Gasteiger partial charge in [-0.05, 0) is 27.7 Å². The number of anilines is 1. The number of aromatic nitrogens is 3. The summed E-state index contributed by atoms with van der Waals surface area (Å²) in [5, 5.41) is 17.8. The van der Waals surface area contributed by atoms with E-state index in [1.807, 2.05) is 36.6 Å². The lowest BCUT2D eigenvalue weighted by atomic mass is 10.2. The Labute approximate surface area is 140 Å². The number of hydrogen-bond acceptors (Lipinski definition) is 5. The van der Waals surface area contributed by atoms with Gasteiger partial charge in [0.05, 0.1) is 10.7 Å². The molecule has 0 aliphatic heterocycles. The van der Waals surface area contributed by atoms with Crippen LogP contribution >= 0.6 is 27.7 Å². The first-order valence-corrected chi connectivity index (χ1v) is 8.55. The Morgan fingerprint density at radius 1 is 1.36 bits per heavy atom. The van der Waals surface area contributed by atoms with E-state index in [0.717, 1.165) is 10.0 Å². The molecule has 0 fully saturated rings. The Hall–Kier alpha value is -2.04. The Balaban J connectivity index is 2.08. The molecular weight excluding hydrogens is 362 g/mol. The van der Waals surface area contributed by atoms with Crippen LogP contribution in [0.3, 0.4) is 0 Å². The van der Waals surface area contributed by atoms with Crippen molar-refractivity contribution in [3.05, 3.63) is 52.1 Å². The molecule has 0 saturated heterocycles. The molecule has 0 aliphatic carbocycles. The first-order valence-electron chi connectivity index (χ1n) is 6.53. The second-order valence-electron chi connectivity index (χ2n) is 4.52. The second-order valence-corrected chi connectivity index (χ2v) is 6.17. The molecule has 5 nitrogen and oxygen atoms in total. The molecule has 0 saturated carbocycles. The smallest absolute Gasteiger partial charge is 0.172 e. The quantitative estimate of drug-likeness (QED) is 0.557. The minimum atomic E-state index is 0.506. The molecule has 2 heterocycles.